The topological polar surface area (TPSA) is 49.4 Å². The molecule has 0 unspecified atom stereocenters. The number of nitrogens with one attached hydrogen (secondary N) is 1. The molecule has 5 heteroatoms. The van der Waals surface area contributed by atoms with Gasteiger partial charge >= 0.3 is 0 Å². The fourth-order valence-electron chi connectivity index (χ4n) is 1.62. The van der Waals surface area contributed by atoms with E-state index in [-0.39, 0.29) is 18.1 Å². The molecule has 0 spiro atoms. The molecule has 0 saturated carbocycles. The number of para-hydroxylation sites is 1. The van der Waals surface area contributed by atoms with Crippen LogP contribution in [0.4, 0.5) is 10.1 Å². The minimum atomic E-state index is -0.487. The predicted molar refractivity (Wildman–Crippen MR) is 72.2 cm³/mol. The minimum absolute atomic E-state index is 0.0519. The third kappa shape index (κ3) is 5.07. The van der Waals surface area contributed by atoms with Crippen LogP contribution in [-0.4, -0.2) is 29.8 Å². The van der Waals surface area contributed by atoms with Gasteiger partial charge in [-0.25, -0.2) is 4.39 Å². The Labute approximate surface area is 112 Å². The molecule has 0 aliphatic carbocycles. The zero-order chi connectivity index (χ0) is 14.3. The van der Waals surface area contributed by atoms with E-state index in [2.05, 4.69) is 5.32 Å². The van der Waals surface area contributed by atoms with Crippen LogP contribution in [0.2, 0.25) is 0 Å². The number of hydrogen-bond acceptors (Lipinski definition) is 2. The summed E-state index contributed by atoms with van der Waals surface area (Å²) in [6.07, 6.45) is 1.78. The number of amides is 2. The molecule has 1 aromatic rings. The van der Waals surface area contributed by atoms with Crippen LogP contribution >= 0.6 is 0 Å². The summed E-state index contributed by atoms with van der Waals surface area (Å²) in [6, 6.07) is 5.94. The molecule has 0 heterocycles. The Hall–Kier alpha value is -1.91. The van der Waals surface area contributed by atoms with Gasteiger partial charge in [-0.05, 0) is 18.6 Å². The smallest absolute Gasteiger partial charge is 0.244 e. The average Bonchev–Trinajstić information content (AvgIpc) is 2.37. The molecule has 0 saturated heterocycles. The van der Waals surface area contributed by atoms with Crippen LogP contribution in [0.25, 0.3) is 0 Å². The maximum Gasteiger partial charge on any atom is 0.244 e. The van der Waals surface area contributed by atoms with Crippen molar-refractivity contribution in [3.8, 4) is 0 Å². The molecule has 19 heavy (non-hydrogen) atoms. The summed E-state index contributed by atoms with van der Waals surface area (Å²) >= 11 is 0. The van der Waals surface area contributed by atoms with Gasteiger partial charge in [0.15, 0.2) is 0 Å². The van der Waals surface area contributed by atoms with Crippen LogP contribution in [0.5, 0.6) is 0 Å². The van der Waals surface area contributed by atoms with Crippen molar-refractivity contribution in [2.75, 3.05) is 18.4 Å². The molecule has 1 rings (SSSR count). The molecule has 1 aromatic carbocycles. The van der Waals surface area contributed by atoms with Crippen molar-refractivity contribution in [2.45, 2.75) is 26.7 Å². The zero-order valence-corrected chi connectivity index (χ0v) is 11.3. The Bertz CT molecular complexity index is 449. The van der Waals surface area contributed by atoms with Gasteiger partial charge in [-0.2, -0.15) is 0 Å². The Morgan fingerprint density at radius 2 is 2.00 bits per heavy atom. The lowest BCUT2D eigenvalue weighted by Crippen LogP contribution is -2.37. The molecule has 0 aliphatic rings. The van der Waals surface area contributed by atoms with Gasteiger partial charge in [-0.1, -0.05) is 25.5 Å². The number of rotatable bonds is 6. The summed E-state index contributed by atoms with van der Waals surface area (Å²) < 4.78 is 13.4. The lowest BCUT2D eigenvalue weighted by molar-refractivity contribution is -0.132. The van der Waals surface area contributed by atoms with E-state index in [9.17, 15) is 14.0 Å². The molecule has 0 aromatic heterocycles. The van der Waals surface area contributed by atoms with E-state index >= 15 is 0 Å². The van der Waals surface area contributed by atoms with Gasteiger partial charge in [0.1, 0.15) is 5.82 Å². The molecular formula is C14H19FN2O2. The van der Waals surface area contributed by atoms with Crippen LogP contribution in [0.3, 0.4) is 0 Å². The van der Waals surface area contributed by atoms with Gasteiger partial charge in [0.25, 0.3) is 0 Å². The lowest BCUT2D eigenvalue weighted by atomic mass is 10.3. The number of halogens is 1. The Balaban J connectivity index is 2.58. The first kappa shape index (κ1) is 15.1. The molecule has 104 valence electrons. The highest BCUT2D eigenvalue weighted by Gasteiger charge is 2.14. The number of benzene rings is 1. The third-order valence-electron chi connectivity index (χ3n) is 2.71. The van der Waals surface area contributed by atoms with Crippen molar-refractivity contribution in [3.63, 3.8) is 0 Å². The number of carbonyl (C=O) groups excluding carboxylic acids is 2. The van der Waals surface area contributed by atoms with Crippen LogP contribution in [0.1, 0.15) is 26.7 Å². The summed E-state index contributed by atoms with van der Waals surface area (Å²) in [5.41, 5.74) is 0.131. The highest BCUT2D eigenvalue weighted by molar-refractivity contribution is 5.94. The maximum atomic E-state index is 13.4. The van der Waals surface area contributed by atoms with E-state index in [1.54, 1.807) is 12.1 Å². The fourth-order valence-corrected chi connectivity index (χ4v) is 1.62. The van der Waals surface area contributed by atoms with Crippen LogP contribution in [-0.2, 0) is 9.59 Å². The second-order valence-corrected chi connectivity index (χ2v) is 4.32. The normalized spacial score (nSPS) is 10.1. The maximum absolute atomic E-state index is 13.4. The van der Waals surface area contributed by atoms with Gasteiger partial charge < -0.3 is 10.2 Å². The molecule has 0 atom stereocenters. The Morgan fingerprint density at radius 3 is 2.58 bits per heavy atom. The van der Waals surface area contributed by atoms with Gasteiger partial charge in [-0.3, -0.25) is 9.59 Å². The summed E-state index contributed by atoms with van der Waals surface area (Å²) in [5, 5.41) is 2.46. The van der Waals surface area contributed by atoms with Crippen LogP contribution in [0, 0.1) is 5.82 Å². The largest absolute Gasteiger partial charge is 0.334 e. The molecule has 0 radical (unpaired) electrons. The monoisotopic (exact) mass is 266 g/mol. The second-order valence-electron chi connectivity index (χ2n) is 4.32. The Morgan fingerprint density at radius 1 is 1.32 bits per heavy atom. The summed E-state index contributed by atoms with van der Waals surface area (Å²) in [6.45, 7) is 3.92. The van der Waals surface area contributed by atoms with Crippen molar-refractivity contribution in [1.82, 2.24) is 4.90 Å². The average molecular weight is 266 g/mol. The summed E-state index contributed by atoms with van der Waals surface area (Å²) in [4.78, 5) is 24.6. The molecule has 0 aliphatic heterocycles. The van der Waals surface area contributed by atoms with E-state index in [4.69, 9.17) is 0 Å². The highest BCUT2D eigenvalue weighted by atomic mass is 19.1. The molecule has 1 N–H and O–H groups in total. The quantitative estimate of drug-likeness (QED) is 0.859. The number of nitrogens with zero attached hydrogens (tertiary/aromatic N) is 1. The second kappa shape index (κ2) is 7.51. The zero-order valence-electron chi connectivity index (χ0n) is 11.3. The molecule has 0 bridgehead atoms. The standard InChI is InChI=1S/C14H19FN2O2/c1-3-4-9-17(11(2)18)10-14(19)16-13-8-6-5-7-12(13)15/h5-8H,3-4,9-10H2,1-2H3,(H,16,19). The first-order valence-corrected chi connectivity index (χ1v) is 6.34. The van der Waals surface area contributed by atoms with Crippen molar-refractivity contribution < 1.29 is 14.0 Å². The first-order chi connectivity index (χ1) is 9.04. The molecular weight excluding hydrogens is 247 g/mol. The van der Waals surface area contributed by atoms with E-state index in [1.165, 1.54) is 24.0 Å². The number of carbonyl (C=O) groups is 2. The van der Waals surface area contributed by atoms with Crippen molar-refractivity contribution >= 4 is 17.5 Å². The van der Waals surface area contributed by atoms with Gasteiger partial charge in [0.05, 0.1) is 12.2 Å². The molecule has 0 fully saturated rings. The number of unbranched alkanes of at least 4 members (excludes halogenated alkanes) is 1. The van der Waals surface area contributed by atoms with E-state index in [0.29, 0.717) is 6.54 Å². The van der Waals surface area contributed by atoms with Gasteiger partial charge in [-0.15, -0.1) is 0 Å². The van der Waals surface area contributed by atoms with Gasteiger partial charge in [0.2, 0.25) is 11.8 Å². The van der Waals surface area contributed by atoms with Crippen LogP contribution < -0.4 is 5.32 Å². The van der Waals surface area contributed by atoms with E-state index < -0.39 is 11.7 Å². The minimum Gasteiger partial charge on any atom is -0.334 e. The third-order valence-corrected chi connectivity index (χ3v) is 2.71. The number of hydrogen-bond donors (Lipinski definition) is 1. The first-order valence-electron chi connectivity index (χ1n) is 6.34. The summed E-state index contributed by atoms with van der Waals surface area (Å²) in [7, 11) is 0. The van der Waals surface area contributed by atoms with Gasteiger partial charge in [0, 0.05) is 13.5 Å². The fraction of sp³-hybridized carbons (Fsp3) is 0.429. The molecule has 2 amide bonds. The summed E-state index contributed by atoms with van der Waals surface area (Å²) in [5.74, 6) is -1.03. The predicted octanol–water partition coefficient (Wildman–Crippen LogP) is 2.41. The lowest BCUT2D eigenvalue weighted by Gasteiger charge is -2.20. The Kier molecular flexibility index (Phi) is 5.99. The van der Waals surface area contributed by atoms with Crippen LogP contribution in [0.15, 0.2) is 24.3 Å². The van der Waals surface area contributed by atoms with E-state index in [0.717, 1.165) is 12.8 Å². The SMILES string of the molecule is CCCCN(CC(=O)Nc1ccccc1F)C(C)=O. The number of anilines is 1. The van der Waals surface area contributed by atoms with E-state index in [1.807, 2.05) is 6.92 Å². The highest BCUT2D eigenvalue weighted by Crippen LogP contribution is 2.12. The van der Waals surface area contributed by atoms with Crippen molar-refractivity contribution in [3.05, 3.63) is 30.1 Å². The molecule has 4 nitrogen and oxygen atoms in total. The van der Waals surface area contributed by atoms with Crippen molar-refractivity contribution in [1.29, 1.82) is 0 Å². The van der Waals surface area contributed by atoms with Crippen molar-refractivity contribution in [2.24, 2.45) is 0 Å².